The molecule has 0 amide bonds. The monoisotopic (exact) mass is 252 g/mol. The molecule has 0 unspecified atom stereocenters. The minimum absolute atomic E-state index is 0.213. The maximum absolute atomic E-state index is 5.67. The van der Waals surface area contributed by atoms with Crippen molar-refractivity contribution in [3.8, 4) is 0 Å². The molecule has 0 rings (SSSR count). The van der Waals surface area contributed by atoms with Gasteiger partial charge in [-0.2, -0.15) is 22.2 Å². The molecule has 0 atom stereocenters. The number of hydrogen-bond acceptors (Lipinski definition) is 0. The second-order valence-corrected chi connectivity index (χ2v) is 8.89. The molecule has 0 radical (unpaired) electrons. The van der Waals surface area contributed by atoms with E-state index in [-0.39, 0.29) is 4.84 Å². The third kappa shape index (κ3) is 11.4. The maximum Gasteiger partial charge on any atom is 0.237 e. The Balaban J connectivity index is 2.91. The van der Waals surface area contributed by atoms with E-state index < -0.39 is 7.42 Å². The van der Waals surface area contributed by atoms with Gasteiger partial charge < -0.3 is 0 Å². The first kappa shape index (κ1) is 12.4. The summed E-state index contributed by atoms with van der Waals surface area (Å²) in [5, 5.41) is 0. The summed E-state index contributed by atoms with van der Waals surface area (Å²) in [6.45, 7) is 0. The van der Waals surface area contributed by atoms with Crippen molar-refractivity contribution in [1.82, 2.24) is 0 Å². The number of rotatable bonds is 6. The molecule has 0 aromatic heterocycles. The fourth-order valence-electron chi connectivity index (χ4n) is 0.774. The topological polar surface area (TPSA) is 0 Å². The van der Waals surface area contributed by atoms with E-state index in [0.29, 0.717) is 0 Å². The Bertz CT molecular complexity index is 76.7. The standard InChI is InChI=1S/C6H12Cl4Si/c7-6(8)4-2-1-3-5-11(9)10/h6,11H,1-5H2. The van der Waals surface area contributed by atoms with Gasteiger partial charge in [0.1, 0.15) is 4.84 Å². The Labute approximate surface area is 89.2 Å². The average Bonchev–Trinajstić information content (AvgIpc) is 1.85. The van der Waals surface area contributed by atoms with E-state index >= 15 is 0 Å². The van der Waals surface area contributed by atoms with Crippen molar-refractivity contribution in [2.24, 2.45) is 0 Å². The summed E-state index contributed by atoms with van der Waals surface area (Å²) in [6, 6.07) is 0.998. The summed E-state index contributed by atoms with van der Waals surface area (Å²) in [5.74, 6) is 0. The smallest absolute Gasteiger partial charge is 0.150 e. The highest BCUT2D eigenvalue weighted by atomic mass is 35.7. The molecule has 5 heteroatoms. The van der Waals surface area contributed by atoms with Crippen molar-refractivity contribution >= 4 is 52.8 Å². The van der Waals surface area contributed by atoms with Crippen molar-refractivity contribution < 1.29 is 0 Å². The summed E-state index contributed by atoms with van der Waals surface area (Å²) >= 11 is 22.4. The number of halogens is 4. The zero-order chi connectivity index (χ0) is 8.69. The van der Waals surface area contributed by atoms with E-state index in [4.69, 9.17) is 45.4 Å². The lowest BCUT2D eigenvalue weighted by Crippen LogP contribution is -1.92. The molecule has 0 nitrogen and oxygen atoms in total. The zero-order valence-corrected chi connectivity index (χ0v) is 10.4. The lowest BCUT2D eigenvalue weighted by Gasteiger charge is -2.01. The van der Waals surface area contributed by atoms with Gasteiger partial charge in [0.2, 0.25) is 7.42 Å². The van der Waals surface area contributed by atoms with Crippen LogP contribution in [-0.4, -0.2) is 12.3 Å². The number of hydrogen-bond donors (Lipinski definition) is 0. The van der Waals surface area contributed by atoms with Crippen LogP contribution < -0.4 is 0 Å². The third-order valence-electron chi connectivity index (χ3n) is 1.34. The van der Waals surface area contributed by atoms with Crippen LogP contribution in [0, 0.1) is 0 Å². The van der Waals surface area contributed by atoms with Gasteiger partial charge in [0.15, 0.2) is 0 Å². The first-order valence-electron chi connectivity index (χ1n) is 3.69. The molecule has 0 saturated heterocycles. The first-order chi connectivity index (χ1) is 5.13. The minimum Gasteiger partial charge on any atom is -0.150 e. The number of unbranched alkanes of at least 4 members (excludes halogenated alkanes) is 2. The average molecular weight is 254 g/mol. The number of alkyl halides is 2. The van der Waals surface area contributed by atoms with Gasteiger partial charge in [-0.25, -0.2) is 0 Å². The Morgan fingerprint density at radius 2 is 1.64 bits per heavy atom. The van der Waals surface area contributed by atoms with Gasteiger partial charge in [0.25, 0.3) is 0 Å². The first-order valence-corrected chi connectivity index (χ1v) is 8.87. The van der Waals surface area contributed by atoms with Crippen molar-refractivity contribution in [2.45, 2.75) is 36.6 Å². The molecule has 0 spiro atoms. The van der Waals surface area contributed by atoms with Crippen molar-refractivity contribution in [1.29, 1.82) is 0 Å². The molecule has 0 heterocycles. The molecular formula is C6H12Cl4Si. The zero-order valence-electron chi connectivity index (χ0n) is 6.20. The van der Waals surface area contributed by atoms with Crippen LogP contribution in [0.15, 0.2) is 0 Å². The van der Waals surface area contributed by atoms with Crippen LogP contribution in [-0.2, 0) is 0 Å². The molecule has 0 bridgehead atoms. The molecule has 68 valence electrons. The largest absolute Gasteiger partial charge is 0.237 e. The molecule has 0 aromatic rings. The summed E-state index contributed by atoms with van der Waals surface area (Å²) in [5.41, 5.74) is 0. The Morgan fingerprint density at radius 1 is 1.00 bits per heavy atom. The molecule has 0 aliphatic heterocycles. The highest BCUT2D eigenvalue weighted by Gasteiger charge is 2.02. The van der Waals surface area contributed by atoms with Crippen molar-refractivity contribution in [2.75, 3.05) is 0 Å². The highest BCUT2D eigenvalue weighted by molar-refractivity contribution is 7.33. The molecule has 11 heavy (non-hydrogen) atoms. The van der Waals surface area contributed by atoms with Gasteiger partial charge in [0, 0.05) is 0 Å². The van der Waals surface area contributed by atoms with Crippen LogP contribution in [0.5, 0.6) is 0 Å². The molecule has 0 N–H and O–H groups in total. The van der Waals surface area contributed by atoms with E-state index in [9.17, 15) is 0 Å². The van der Waals surface area contributed by atoms with E-state index in [1.807, 2.05) is 0 Å². The third-order valence-corrected chi connectivity index (χ3v) is 3.94. The normalized spacial score (nSPS) is 11.5. The molecular weight excluding hydrogens is 242 g/mol. The fraction of sp³-hybridized carbons (Fsp3) is 1.00. The van der Waals surface area contributed by atoms with Crippen LogP contribution in [0.3, 0.4) is 0 Å². The van der Waals surface area contributed by atoms with E-state index in [0.717, 1.165) is 31.7 Å². The Hall–Kier alpha value is 1.38. The van der Waals surface area contributed by atoms with Crippen molar-refractivity contribution in [3.05, 3.63) is 0 Å². The second-order valence-electron chi connectivity index (χ2n) is 2.42. The molecule has 0 fully saturated rings. The Kier molecular flexibility index (Phi) is 9.00. The van der Waals surface area contributed by atoms with Crippen LogP contribution in [0.2, 0.25) is 6.04 Å². The molecule has 0 aliphatic rings. The second kappa shape index (κ2) is 8.00. The quantitative estimate of drug-likeness (QED) is 0.290. The highest BCUT2D eigenvalue weighted by Crippen LogP contribution is 2.15. The fourth-order valence-corrected chi connectivity index (χ4v) is 2.61. The van der Waals surface area contributed by atoms with Crippen molar-refractivity contribution in [3.63, 3.8) is 0 Å². The lowest BCUT2D eigenvalue weighted by molar-refractivity contribution is 0.691. The summed E-state index contributed by atoms with van der Waals surface area (Å²) in [7, 11) is -1.36. The van der Waals surface area contributed by atoms with Gasteiger partial charge in [-0.05, 0) is 12.5 Å². The predicted molar refractivity (Wildman–Crippen MR) is 57.6 cm³/mol. The van der Waals surface area contributed by atoms with E-state index in [2.05, 4.69) is 0 Å². The summed E-state index contributed by atoms with van der Waals surface area (Å²) in [6.07, 6.45) is 4.20. The van der Waals surface area contributed by atoms with Crippen LogP contribution in [0.25, 0.3) is 0 Å². The van der Waals surface area contributed by atoms with Gasteiger partial charge in [0.05, 0.1) is 0 Å². The predicted octanol–water partition coefficient (Wildman–Crippen LogP) is 4.05. The summed E-state index contributed by atoms with van der Waals surface area (Å²) < 4.78 is 0. The minimum atomic E-state index is -1.36. The molecule has 0 aliphatic carbocycles. The van der Waals surface area contributed by atoms with Gasteiger partial charge in [-0.3, -0.25) is 0 Å². The van der Waals surface area contributed by atoms with Crippen LogP contribution in [0.4, 0.5) is 0 Å². The van der Waals surface area contributed by atoms with E-state index in [1.54, 1.807) is 0 Å². The summed E-state index contributed by atoms with van der Waals surface area (Å²) in [4.78, 5) is -0.213. The van der Waals surface area contributed by atoms with Gasteiger partial charge in [-0.1, -0.05) is 19.3 Å². The molecule has 0 saturated carbocycles. The van der Waals surface area contributed by atoms with Crippen LogP contribution >= 0.6 is 45.4 Å². The van der Waals surface area contributed by atoms with Gasteiger partial charge in [-0.15, -0.1) is 23.2 Å². The lowest BCUT2D eigenvalue weighted by atomic mass is 10.2. The Morgan fingerprint density at radius 3 is 2.09 bits per heavy atom. The van der Waals surface area contributed by atoms with Crippen LogP contribution in [0.1, 0.15) is 25.7 Å². The van der Waals surface area contributed by atoms with Gasteiger partial charge >= 0.3 is 0 Å². The maximum atomic E-state index is 5.67. The molecule has 0 aromatic carbocycles. The SMILES string of the molecule is ClC(Cl)CCCCC[SiH](Cl)Cl. The van der Waals surface area contributed by atoms with E-state index in [1.165, 1.54) is 0 Å².